The highest BCUT2D eigenvalue weighted by Crippen LogP contribution is 2.49. The Morgan fingerprint density at radius 1 is 0.580 bits per heavy atom. The smallest absolute Gasteiger partial charge is 0.318 e. The minimum atomic E-state index is -0.587. The lowest BCUT2D eigenvalue weighted by Crippen LogP contribution is -2.54. The van der Waals surface area contributed by atoms with Crippen molar-refractivity contribution in [1.29, 1.82) is 0 Å². The number of amides is 4. The average molecular weight is 679 g/mol. The molecule has 4 aromatic rings. The summed E-state index contributed by atoms with van der Waals surface area (Å²) >= 11 is 0. The van der Waals surface area contributed by atoms with Gasteiger partial charge in [-0.15, -0.1) is 0 Å². The summed E-state index contributed by atoms with van der Waals surface area (Å²) in [5.41, 5.74) is 5.82. The predicted molar refractivity (Wildman–Crippen MR) is 192 cm³/mol. The first-order valence-corrected chi connectivity index (χ1v) is 17.0. The van der Waals surface area contributed by atoms with E-state index in [1.807, 2.05) is 109 Å². The number of methoxy groups -OCH3 is 4. The number of nitrogens with one attached hydrogen (secondary N) is 2. The van der Waals surface area contributed by atoms with E-state index in [4.69, 9.17) is 18.9 Å². The van der Waals surface area contributed by atoms with Gasteiger partial charge in [0.05, 0.1) is 52.6 Å². The fraction of sp³-hybridized carbons (Fsp3) is 0.350. The number of carbonyl (C=O) groups is 2. The summed E-state index contributed by atoms with van der Waals surface area (Å²) in [6, 6.07) is 25.6. The van der Waals surface area contributed by atoms with Gasteiger partial charge in [0.15, 0.2) is 23.0 Å². The molecule has 2 N–H and O–H groups in total. The van der Waals surface area contributed by atoms with Crippen molar-refractivity contribution in [2.75, 3.05) is 41.5 Å². The van der Waals surface area contributed by atoms with Crippen LogP contribution in [-0.4, -0.2) is 63.4 Å². The van der Waals surface area contributed by atoms with E-state index in [2.05, 4.69) is 10.6 Å². The maximum atomic E-state index is 14.5. The standard InChI is InChI=1S/C40H46N4O6/c1-25(27-13-9-7-10-14-27)41-39(45)43-19-17-29-21-33(47-3)35(49-5)23-31(29)37(43)38-32-24-36(50-6)34(48-4)22-30(32)18-20-44(38)40(46)42-26(2)28-15-11-8-12-16-28/h7-16,21-26,37-38H,17-20H2,1-6H3,(H,41,45)(H,42,46)/t25-,26-,37+,38+/m1/s1. The Kier molecular flexibility index (Phi) is 10.4. The predicted octanol–water partition coefficient (Wildman–Crippen LogP) is 7.16. The molecule has 0 saturated carbocycles. The van der Waals surface area contributed by atoms with Crippen molar-refractivity contribution in [2.45, 2.75) is 50.9 Å². The van der Waals surface area contributed by atoms with Crippen LogP contribution in [0, 0.1) is 0 Å². The van der Waals surface area contributed by atoms with Gasteiger partial charge in [0.1, 0.15) is 0 Å². The normalized spacial score (nSPS) is 17.8. The Labute approximate surface area is 294 Å². The van der Waals surface area contributed by atoms with E-state index in [9.17, 15) is 9.59 Å². The Hall–Kier alpha value is -5.38. The number of urea groups is 2. The number of fused-ring (bicyclic) bond motifs is 2. The zero-order chi connectivity index (χ0) is 35.4. The van der Waals surface area contributed by atoms with Crippen LogP contribution in [0.3, 0.4) is 0 Å². The van der Waals surface area contributed by atoms with Gasteiger partial charge in [-0.25, -0.2) is 9.59 Å². The van der Waals surface area contributed by atoms with E-state index in [0.29, 0.717) is 48.9 Å². The minimum Gasteiger partial charge on any atom is -0.493 e. The van der Waals surface area contributed by atoms with Gasteiger partial charge in [-0.2, -0.15) is 0 Å². The number of nitrogens with zero attached hydrogens (tertiary/aromatic N) is 2. The lowest BCUT2D eigenvalue weighted by molar-refractivity contribution is 0.0911. The first kappa shape index (κ1) is 34.5. The maximum absolute atomic E-state index is 14.5. The first-order chi connectivity index (χ1) is 24.3. The van der Waals surface area contributed by atoms with Crippen LogP contribution in [0.25, 0.3) is 0 Å². The van der Waals surface area contributed by atoms with Gasteiger partial charge in [-0.1, -0.05) is 60.7 Å². The molecule has 0 aliphatic carbocycles. The molecule has 0 unspecified atom stereocenters. The molecule has 0 fully saturated rings. The second-order valence-electron chi connectivity index (χ2n) is 12.8. The van der Waals surface area contributed by atoms with E-state index < -0.39 is 12.1 Å². The molecule has 2 heterocycles. The molecule has 10 heteroatoms. The fourth-order valence-electron chi connectivity index (χ4n) is 7.28. The summed E-state index contributed by atoms with van der Waals surface area (Å²) in [5, 5.41) is 6.49. The number of rotatable bonds is 9. The first-order valence-electron chi connectivity index (χ1n) is 17.0. The van der Waals surface area contributed by atoms with Crippen LogP contribution in [0.1, 0.15) is 71.4 Å². The summed E-state index contributed by atoms with van der Waals surface area (Å²) < 4.78 is 23.0. The van der Waals surface area contributed by atoms with Crippen molar-refractivity contribution in [3.63, 3.8) is 0 Å². The molecule has 10 nitrogen and oxygen atoms in total. The van der Waals surface area contributed by atoms with Crippen LogP contribution in [-0.2, 0) is 12.8 Å². The summed E-state index contributed by atoms with van der Waals surface area (Å²) in [6.45, 7) is 4.81. The quantitative estimate of drug-likeness (QED) is 0.195. The van der Waals surface area contributed by atoms with Gasteiger partial charge in [0, 0.05) is 13.1 Å². The van der Waals surface area contributed by atoms with Gasteiger partial charge >= 0.3 is 12.1 Å². The van der Waals surface area contributed by atoms with Gasteiger partial charge in [0.2, 0.25) is 0 Å². The van der Waals surface area contributed by atoms with Crippen LogP contribution in [0.5, 0.6) is 23.0 Å². The molecule has 0 bridgehead atoms. The van der Waals surface area contributed by atoms with E-state index in [1.165, 1.54) is 0 Å². The lowest BCUT2D eigenvalue weighted by Gasteiger charge is -2.48. The number of carbonyl (C=O) groups excluding carboxylic acids is 2. The molecule has 2 aliphatic heterocycles. The third kappa shape index (κ3) is 6.75. The molecule has 0 radical (unpaired) electrons. The van der Waals surface area contributed by atoms with Crippen LogP contribution >= 0.6 is 0 Å². The molecular weight excluding hydrogens is 632 g/mol. The van der Waals surface area contributed by atoms with Crippen molar-refractivity contribution >= 4 is 12.1 Å². The van der Waals surface area contributed by atoms with E-state index in [0.717, 1.165) is 33.4 Å². The van der Waals surface area contributed by atoms with Crippen LogP contribution < -0.4 is 29.6 Å². The second-order valence-corrected chi connectivity index (χ2v) is 12.8. The molecular formula is C40H46N4O6. The Balaban J connectivity index is 1.50. The van der Waals surface area contributed by atoms with E-state index in [-0.39, 0.29) is 24.1 Å². The largest absolute Gasteiger partial charge is 0.493 e. The zero-order valence-corrected chi connectivity index (χ0v) is 29.6. The SMILES string of the molecule is COc1cc2c(cc1OC)[C@@H]([C@@H]1c3cc(OC)c(OC)cc3CCN1C(=O)N[C@H](C)c1ccccc1)N(C(=O)N[C@H](C)c1ccccc1)CC2. The fourth-order valence-corrected chi connectivity index (χ4v) is 7.28. The van der Waals surface area contributed by atoms with Crippen molar-refractivity contribution in [2.24, 2.45) is 0 Å². The van der Waals surface area contributed by atoms with Crippen molar-refractivity contribution in [3.8, 4) is 23.0 Å². The van der Waals surface area contributed by atoms with Crippen LogP contribution in [0.15, 0.2) is 84.9 Å². The van der Waals surface area contributed by atoms with Crippen molar-refractivity contribution in [3.05, 3.63) is 118 Å². The van der Waals surface area contributed by atoms with Crippen molar-refractivity contribution in [1.82, 2.24) is 20.4 Å². The highest BCUT2D eigenvalue weighted by molar-refractivity contribution is 5.78. The molecule has 0 saturated heterocycles. The number of benzene rings is 4. The number of hydrogen-bond donors (Lipinski definition) is 2. The molecule has 2 aliphatic rings. The molecule has 4 atom stereocenters. The molecule has 50 heavy (non-hydrogen) atoms. The third-order valence-electron chi connectivity index (χ3n) is 9.94. The van der Waals surface area contributed by atoms with Gasteiger partial charge < -0.3 is 39.4 Å². The van der Waals surface area contributed by atoms with Gasteiger partial charge in [0.25, 0.3) is 0 Å². The van der Waals surface area contributed by atoms with Crippen molar-refractivity contribution < 1.29 is 28.5 Å². The Morgan fingerprint density at radius 2 is 0.920 bits per heavy atom. The van der Waals surface area contributed by atoms with E-state index in [1.54, 1.807) is 28.4 Å². The molecule has 6 rings (SSSR count). The molecule has 262 valence electrons. The number of hydrogen-bond acceptors (Lipinski definition) is 6. The molecule has 4 amide bonds. The second kappa shape index (κ2) is 15.0. The zero-order valence-electron chi connectivity index (χ0n) is 29.6. The topological polar surface area (TPSA) is 102 Å². The van der Waals surface area contributed by atoms with Crippen LogP contribution in [0.4, 0.5) is 9.59 Å². The maximum Gasteiger partial charge on any atom is 0.318 e. The Morgan fingerprint density at radius 3 is 1.26 bits per heavy atom. The van der Waals surface area contributed by atoms with E-state index >= 15 is 0 Å². The van der Waals surface area contributed by atoms with Gasteiger partial charge in [-0.3, -0.25) is 0 Å². The molecule has 0 aromatic heterocycles. The molecule has 0 spiro atoms. The molecule has 4 aromatic carbocycles. The Bertz CT molecular complexity index is 1690. The average Bonchev–Trinajstić information content (AvgIpc) is 3.16. The summed E-state index contributed by atoms with van der Waals surface area (Å²) in [5.74, 6) is 2.33. The highest BCUT2D eigenvalue weighted by Gasteiger charge is 2.45. The van der Waals surface area contributed by atoms with Gasteiger partial charge in [-0.05, 0) is 84.3 Å². The highest BCUT2D eigenvalue weighted by atomic mass is 16.5. The monoisotopic (exact) mass is 678 g/mol. The lowest BCUT2D eigenvalue weighted by atomic mass is 9.80. The number of ether oxygens (including phenoxy) is 4. The minimum absolute atomic E-state index is 0.225. The third-order valence-corrected chi connectivity index (χ3v) is 9.94. The summed E-state index contributed by atoms with van der Waals surface area (Å²) in [4.78, 5) is 32.7. The summed E-state index contributed by atoms with van der Waals surface area (Å²) in [6.07, 6.45) is 1.20. The summed E-state index contributed by atoms with van der Waals surface area (Å²) in [7, 11) is 6.44. The van der Waals surface area contributed by atoms with Crippen LogP contribution in [0.2, 0.25) is 0 Å².